The molecule has 0 fully saturated rings. The highest BCUT2D eigenvalue weighted by molar-refractivity contribution is 6.31. The van der Waals surface area contributed by atoms with Gasteiger partial charge in [0.25, 0.3) is 0 Å². The van der Waals surface area contributed by atoms with Gasteiger partial charge in [-0.15, -0.1) is 0 Å². The highest BCUT2D eigenvalue weighted by atomic mass is 35.5. The summed E-state index contributed by atoms with van der Waals surface area (Å²) >= 11 is 6.40. The zero-order valence-electron chi connectivity index (χ0n) is 12.6. The molecule has 0 heterocycles. The Kier molecular flexibility index (Phi) is 5.11. The molecule has 0 saturated carbocycles. The second-order valence-corrected chi connectivity index (χ2v) is 6.21. The van der Waals surface area contributed by atoms with Crippen molar-refractivity contribution >= 4 is 11.6 Å². The molecule has 0 amide bonds. The van der Waals surface area contributed by atoms with Crippen molar-refractivity contribution in [1.29, 1.82) is 0 Å². The summed E-state index contributed by atoms with van der Waals surface area (Å²) in [7, 11) is 3.26. The summed E-state index contributed by atoms with van der Waals surface area (Å²) in [6.07, 6.45) is 0.694. The smallest absolute Gasteiger partial charge is 0.164 e. The number of hydrogen-bond acceptors (Lipinski definition) is 3. The normalized spacial score (nSPS) is 11.8. The Morgan fingerprint density at radius 3 is 2.21 bits per heavy atom. The van der Waals surface area contributed by atoms with Crippen LogP contribution in [0.15, 0.2) is 6.07 Å². The molecule has 0 aromatic heterocycles. The lowest BCUT2D eigenvalue weighted by Gasteiger charge is -2.25. The minimum absolute atomic E-state index is 0.278. The Morgan fingerprint density at radius 2 is 1.84 bits per heavy atom. The minimum atomic E-state index is -0.327. The third kappa shape index (κ3) is 3.77. The van der Waals surface area contributed by atoms with Crippen LogP contribution in [0.2, 0.25) is 5.02 Å². The molecule has 3 nitrogen and oxygen atoms in total. The van der Waals surface area contributed by atoms with Crippen molar-refractivity contribution < 1.29 is 9.47 Å². The van der Waals surface area contributed by atoms with Crippen LogP contribution in [0.5, 0.6) is 11.5 Å². The average Bonchev–Trinajstić information content (AvgIpc) is 2.28. The zero-order valence-corrected chi connectivity index (χ0v) is 13.4. The number of methoxy groups -OCH3 is 2. The number of hydrogen-bond donors (Lipinski definition) is 1. The van der Waals surface area contributed by atoms with Crippen molar-refractivity contribution in [3.8, 4) is 11.5 Å². The number of benzene rings is 1. The molecule has 108 valence electrons. The zero-order chi connectivity index (χ0) is 14.8. The van der Waals surface area contributed by atoms with Gasteiger partial charge in [0, 0.05) is 22.2 Å². The molecule has 0 aliphatic heterocycles. The van der Waals surface area contributed by atoms with Crippen LogP contribution < -0.4 is 15.2 Å². The molecular weight excluding hydrogens is 262 g/mol. The van der Waals surface area contributed by atoms with Crippen molar-refractivity contribution in [2.45, 2.75) is 45.6 Å². The molecule has 1 aromatic carbocycles. The van der Waals surface area contributed by atoms with E-state index in [0.717, 1.165) is 16.9 Å². The number of halogens is 1. The molecule has 0 saturated heterocycles. The second-order valence-electron chi connectivity index (χ2n) is 5.81. The number of ether oxygens (including phenoxy) is 2. The van der Waals surface area contributed by atoms with Crippen LogP contribution in [0.4, 0.5) is 0 Å². The van der Waals surface area contributed by atoms with E-state index in [4.69, 9.17) is 26.8 Å². The summed E-state index contributed by atoms with van der Waals surface area (Å²) in [5.41, 5.74) is 7.93. The number of rotatable bonds is 5. The Bertz CT molecular complexity index is 450. The third-order valence-corrected chi connectivity index (χ3v) is 3.31. The van der Waals surface area contributed by atoms with Crippen LogP contribution in [0.25, 0.3) is 0 Å². The summed E-state index contributed by atoms with van der Waals surface area (Å²) in [5, 5.41) is 0.680. The first kappa shape index (κ1) is 16.1. The van der Waals surface area contributed by atoms with Gasteiger partial charge in [-0.3, -0.25) is 0 Å². The van der Waals surface area contributed by atoms with E-state index in [1.807, 2.05) is 13.8 Å². The molecule has 0 unspecified atom stereocenters. The van der Waals surface area contributed by atoms with E-state index < -0.39 is 0 Å². The number of nitrogens with two attached hydrogens (primary N) is 1. The van der Waals surface area contributed by atoms with Gasteiger partial charge >= 0.3 is 0 Å². The van der Waals surface area contributed by atoms with Crippen molar-refractivity contribution in [2.75, 3.05) is 14.2 Å². The third-order valence-electron chi connectivity index (χ3n) is 2.97. The molecular formula is C15H24ClNO2. The van der Waals surface area contributed by atoms with Crippen molar-refractivity contribution in [1.82, 2.24) is 0 Å². The fourth-order valence-electron chi connectivity index (χ4n) is 2.27. The molecule has 1 aromatic rings. The van der Waals surface area contributed by atoms with Gasteiger partial charge in [-0.25, -0.2) is 0 Å². The maximum absolute atomic E-state index is 6.40. The Hall–Kier alpha value is -0.930. The van der Waals surface area contributed by atoms with Gasteiger partial charge in [0.2, 0.25) is 0 Å². The molecule has 0 atom stereocenters. The Morgan fingerprint density at radius 1 is 1.26 bits per heavy atom. The molecule has 2 N–H and O–H groups in total. The SMILES string of the molecule is COc1cc(Cl)c(CC(C)(C)N)c(C(C)C)c1OC. The highest BCUT2D eigenvalue weighted by Crippen LogP contribution is 2.42. The molecule has 0 bridgehead atoms. The summed E-state index contributed by atoms with van der Waals surface area (Å²) in [4.78, 5) is 0. The van der Waals surface area contributed by atoms with Crippen LogP contribution in [0.1, 0.15) is 44.7 Å². The topological polar surface area (TPSA) is 44.5 Å². The van der Waals surface area contributed by atoms with Crippen molar-refractivity contribution in [2.24, 2.45) is 5.73 Å². The largest absolute Gasteiger partial charge is 0.493 e. The van der Waals surface area contributed by atoms with E-state index in [0.29, 0.717) is 17.2 Å². The Labute approximate surface area is 121 Å². The monoisotopic (exact) mass is 285 g/mol. The van der Waals surface area contributed by atoms with Gasteiger partial charge in [-0.1, -0.05) is 25.4 Å². The maximum atomic E-state index is 6.40. The molecule has 1 rings (SSSR count). The maximum Gasteiger partial charge on any atom is 0.164 e. The lowest BCUT2D eigenvalue weighted by atomic mass is 9.87. The summed E-state index contributed by atoms with van der Waals surface area (Å²) in [5.74, 6) is 1.69. The predicted molar refractivity (Wildman–Crippen MR) is 80.6 cm³/mol. The van der Waals surface area contributed by atoms with Crippen LogP contribution in [0.3, 0.4) is 0 Å². The molecule has 0 aliphatic rings. The van der Waals surface area contributed by atoms with Crippen LogP contribution in [0, 0.1) is 0 Å². The highest BCUT2D eigenvalue weighted by Gasteiger charge is 2.24. The first-order chi connectivity index (χ1) is 8.71. The van der Waals surface area contributed by atoms with Crippen LogP contribution in [-0.2, 0) is 6.42 Å². The predicted octanol–water partition coefficient (Wildman–Crippen LogP) is 3.76. The van der Waals surface area contributed by atoms with E-state index in [1.54, 1.807) is 20.3 Å². The quantitative estimate of drug-likeness (QED) is 0.896. The molecule has 0 spiro atoms. The van der Waals surface area contributed by atoms with Gasteiger partial charge in [0.15, 0.2) is 11.5 Å². The van der Waals surface area contributed by atoms with Crippen LogP contribution >= 0.6 is 11.6 Å². The van der Waals surface area contributed by atoms with E-state index in [9.17, 15) is 0 Å². The molecule has 0 radical (unpaired) electrons. The molecule has 0 aliphatic carbocycles. The fraction of sp³-hybridized carbons (Fsp3) is 0.600. The Balaban J connectivity index is 3.52. The summed E-state index contributed by atoms with van der Waals surface area (Å²) in [6.45, 7) is 8.20. The fourth-order valence-corrected chi connectivity index (χ4v) is 2.54. The standard InChI is InChI=1S/C15H24ClNO2/c1-9(2)13-10(8-15(3,4)17)11(16)7-12(18-5)14(13)19-6/h7,9H,8,17H2,1-6H3. The van der Waals surface area contributed by atoms with Gasteiger partial charge in [0.1, 0.15) is 0 Å². The second kappa shape index (κ2) is 6.02. The van der Waals surface area contributed by atoms with E-state index in [2.05, 4.69) is 13.8 Å². The van der Waals surface area contributed by atoms with Gasteiger partial charge in [-0.2, -0.15) is 0 Å². The van der Waals surface area contributed by atoms with E-state index in [-0.39, 0.29) is 11.5 Å². The van der Waals surface area contributed by atoms with Crippen molar-refractivity contribution in [3.05, 3.63) is 22.2 Å². The van der Waals surface area contributed by atoms with Crippen LogP contribution in [-0.4, -0.2) is 19.8 Å². The minimum Gasteiger partial charge on any atom is -0.493 e. The lowest BCUT2D eigenvalue weighted by molar-refractivity contribution is 0.349. The molecule has 19 heavy (non-hydrogen) atoms. The van der Waals surface area contributed by atoms with Gasteiger partial charge < -0.3 is 15.2 Å². The summed E-state index contributed by atoms with van der Waals surface area (Å²) in [6, 6.07) is 1.80. The van der Waals surface area contributed by atoms with E-state index in [1.165, 1.54) is 0 Å². The molecule has 4 heteroatoms. The van der Waals surface area contributed by atoms with Gasteiger partial charge in [-0.05, 0) is 31.7 Å². The van der Waals surface area contributed by atoms with Gasteiger partial charge in [0.05, 0.1) is 14.2 Å². The van der Waals surface area contributed by atoms with Crippen molar-refractivity contribution in [3.63, 3.8) is 0 Å². The first-order valence-electron chi connectivity index (χ1n) is 6.43. The first-order valence-corrected chi connectivity index (χ1v) is 6.81. The van der Waals surface area contributed by atoms with E-state index >= 15 is 0 Å². The lowest BCUT2D eigenvalue weighted by Crippen LogP contribution is -2.35. The summed E-state index contributed by atoms with van der Waals surface area (Å²) < 4.78 is 10.9. The average molecular weight is 286 g/mol.